The van der Waals surface area contributed by atoms with E-state index in [0.29, 0.717) is 0 Å². The van der Waals surface area contributed by atoms with Crippen molar-refractivity contribution in [2.45, 2.75) is 24.7 Å². The average Bonchev–Trinajstić information content (AvgIpc) is 3.75. The van der Waals surface area contributed by atoms with Crippen LogP contribution in [0.3, 0.4) is 0 Å². The van der Waals surface area contributed by atoms with E-state index in [1.807, 2.05) is 24.7 Å². The molecule has 0 spiro atoms. The number of rotatable bonds is 4. The minimum atomic E-state index is -0.572. The number of para-hydroxylation sites is 1. The standard InChI is InChI=1S/C42H32N4/c1-41(2)35-18-7-8-19-37(35)46(38-26-28(21-22-36(38)41)40-44-24-25-45-40)30-13-11-12-29(27-30)42(39-20-9-10-23-43-39)33-16-5-3-14-31(33)32-15-4-6-17-34(32)42/h3-27H,1-2H3,(H,44,45). The molecule has 0 radical (unpaired) electrons. The second-order valence-corrected chi connectivity index (χ2v) is 12.8. The molecule has 220 valence electrons. The van der Waals surface area contributed by atoms with Crippen molar-refractivity contribution in [1.29, 1.82) is 0 Å². The van der Waals surface area contributed by atoms with E-state index in [-0.39, 0.29) is 5.41 Å². The van der Waals surface area contributed by atoms with Crippen LogP contribution in [-0.2, 0) is 10.8 Å². The summed E-state index contributed by atoms with van der Waals surface area (Å²) in [4.78, 5) is 15.4. The number of nitrogens with one attached hydrogen (secondary N) is 1. The Bertz CT molecular complexity index is 2200. The first-order chi connectivity index (χ1) is 22.6. The van der Waals surface area contributed by atoms with Crippen molar-refractivity contribution < 1.29 is 0 Å². The highest BCUT2D eigenvalue weighted by Gasteiger charge is 2.47. The van der Waals surface area contributed by atoms with Crippen LogP contribution in [0.15, 0.2) is 152 Å². The molecule has 1 N–H and O–H groups in total. The Hall–Kier alpha value is -5.74. The predicted octanol–water partition coefficient (Wildman–Crippen LogP) is 9.94. The molecule has 0 saturated heterocycles. The van der Waals surface area contributed by atoms with Gasteiger partial charge in [-0.05, 0) is 75.3 Å². The maximum absolute atomic E-state index is 5.06. The number of hydrogen-bond donors (Lipinski definition) is 1. The summed E-state index contributed by atoms with van der Waals surface area (Å²) >= 11 is 0. The highest BCUT2D eigenvalue weighted by molar-refractivity contribution is 5.90. The van der Waals surface area contributed by atoms with Gasteiger partial charge in [-0.3, -0.25) is 4.98 Å². The first-order valence-electron chi connectivity index (χ1n) is 15.8. The fraction of sp³-hybridized carbons (Fsp3) is 0.0952. The van der Waals surface area contributed by atoms with Gasteiger partial charge in [0.25, 0.3) is 0 Å². The summed E-state index contributed by atoms with van der Waals surface area (Å²) in [5, 5.41) is 0. The maximum Gasteiger partial charge on any atom is 0.137 e. The number of aromatic amines is 1. The van der Waals surface area contributed by atoms with Crippen LogP contribution in [-0.4, -0.2) is 15.0 Å². The van der Waals surface area contributed by atoms with Crippen LogP contribution < -0.4 is 4.90 Å². The Morgan fingerprint density at radius 2 is 1.26 bits per heavy atom. The van der Waals surface area contributed by atoms with Crippen molar-refractivity contribution in [3.8, 4) is 22.5 Å². The first-order valence-corrected chi connectivity index (χ1v) is 15.8. The lowest BCUT2D eigenvalue weighted by molar-refractivity contribution is 0.632. The number of anilines is 3. The molecule has 4 nitrogen and oxygen atoms in total. The Morgan fingerprint density at radius 1 is 0.565 bits per heavy atom. The lowest BCUT2D eigenvalue weighted by atomic mass is 9.69. The van der Waals surface area contributed by atoms with Gasteiger partial charge in [0.1, 0.15) is 5.82 Å². The van der Waals surface area contributed by atoms with Gasteiger partial charge in [-0.1, -0.05) is 111 Å². The number of H-pyrrole nitrogens is 1. The highest BCUT2D eigenvalue weighted by atomic mass is 15.2. The average molecular weight is 593 g/mol. The van der Waals surface area contributed by atoms with Crippen molar-refractivity contribution in [3.05, 3.63) is 186 Å². The van der Waals surface area contributed by atoms with Gasteiger partial charge < -0.3 is 9.88 Å². The summed E-state index contributed by atoms with van der Waals surface area (Å²) in [5.74, 6) is 0.862. The number of pyridine rings is 1. The minimum Gasteiger partial charge on any atom is -0.345 e. The Morgan fingerprint density at radius 3 is 1.98 bits per heavy atom. The van der Waals surface area contributed by atoms with Crippen LogP contribution in [0.25, 0.3) is 22.5 Å². The van der Waals surface area contributed by atoms with Crippen molar-refractivity contribution in [2.24, 2.45) is 0 Å². The summed E-state index contributed by atoms with van der Waals surface area (Å²) < 4.78 is 0. The van der Waals surface area contributed by atoms with Crippen LogP contribution in [0.4, 0.5) is 17.1 Å². The van der Waals surface area contributed by atoms with E-state index >= 15 is 0 Å². The molecule has 2 aromatic heterocycles. The maximum atomic E-state index is 5.06. The molecule has 7 aromatic rings. The fourth-order valence-corrected chi connectivity index (χ4v) is 8.00. The zero-order chi connectivity index (χ0) is 30.9. The molecule has 0 saturated carbocycles. The molecule has 0 amide bonds. The largest absolute Gasteiger partial charge is 0.345 e. The molecule has 5 aromatic carbocycles. The molecule has 0 bridgehead atoms. The third-order valence-electron chi connectivity index (χ3n) is 10.0. The molecular formula is C42H32N4. The van der Waals surface area contributed by atoms with Gasteiger partial charge in [-0.15, -0.1) is 0 Å². The number of fused-ring (bicyclic) bond motifs is 5. The minimum absolute atomic E-state index is 0.180. The van der Waals surface area contributed by atoms with E-state index in [4.69, 9.17) is 4.98 Å². The van der Waals surface area contributed by atoms with Crippen molar-refractivity contribution in [2.75, 3.05) is 4.90 Å². The van der Waals surface area contributed by atoms with Gasteiger partial charge in [0.2, 0.25) is 0 Å². The van der Waals surface area contributed by atoms with Gasteiger partial charge in [0.15, 0.2) is 0 Å². The highest BCUT2D eigenvalue weighted by Crippen LogP contribution is 2.57. The fourth-order valence-electron chi connectivity index (χ4n) is 8.00. The van der Waals surface area contributed by atoms with Crippen molar-refractivity contribution in [1.82, 2.24) is 15.0 Å². The Labute approximate surface area is 269 Å². The van der Waals surface area contributed by atoms with E-state index in [9.17, 15) is 0 Å². The number of benzene rings is 5. The smallest absolute Gasteiger partial charge is 0.137 e. The molecule has 46 heavy (non-hydrogen) atoms. The molecule has 0 unspecified atom stereocenters. The topological polar surface area (TPSA) is 44.8 Å². The lowest BCUT2D eigenvalue weighted by Gasteiger charge is -2.42. The SMILES string of the molecule is CC1(C)c2ccccc2N(c2cccc(C3(c4ccccn4)c4ccccc4-c4ccccc43)c2)c2cc(-c3ncc[nH]3)ccc21. The van der Waals surface area contributed by atoms with Crippen LogP contribution in [0.5, 0.6) is 0 Å². The molecule has 1 aliphatic heterocycles. The molecule has 0 fully saturated rings. The van der Waals surface area contributed by atoms with Gasteiger partial charge >= 0.3 is 0 Å². The molecule has 9 rings (SSSR count). The number of imidazole rings is 1. The van der Waals surface area contributed by atoms with Gasteiger partial charge in [-0.25, -0.2) is 4.98 Å². The van der Waals surface area contributed by atoms with Crippen molar-refractivity contribution >= 4 is 17.1 Å². The van der Waals surface area contributed by atoms with E-state index in [1.54, 1.807) is 0 Å². The van der Waals surface area contributed by atoms with Gasteiger partial charge in [0, 0.05) is 35.3 Å². The predicted molar refractivity (Wildman–Crippen MR) is 186 cm³/mol. The zero-order valence-corrected chi connectivity index (χ0v) is 25.8. The second kappa shape index (κ2) is 9.88. The lowest BCUT2D eigenvalue weighted by Crippen LogP contribution is -2.32. The number of hydrogen-bond acceptors (Lipinski definition) is 3. The Balaban J connectivity index is 1.33. The van der Waals surface area contributed by atoms with Crippen LogP contribution >= 0.6 is 0 Å². The zero-order valence-electron chi connectivity index (χ0n) is 25.8. The van der Waals surface area contributed by atoms with E-state index in [0.717, 1.165) is 28.5 Å². The molecule has 3 heterocycles. The molecule has 2 aliphatic rings. The summed E-state index contributed by atoms with van der Waals surface area (Å²) in [6.07, 6.45) is 5.60. The molecular weight excluding hydrogens is 560 g/mol. The quantitative estimate of drug-likeness (QED) is 0.221. The Kier molecular flexibility index (Phi) is 5.72. The van der Waals surface area contributed by atoms with Gasteiger partial charge in [-0.2, -0.15) is 0 Å². The molecule has 0 atom stereocenters. The second-order valence-electron chi connectivity index (χ2n) is 12.8. The summed E-state index contributed by atoms with van der Waals surface area (Å²) in [7, 11) is 0. The van der Waals surface area contributed by atoms with E-state index in [1.165, 1.54) is 44.6 Å². The number of aromatic nitrogens is 3. The normalized spacial score (nSPS) is 15.0. The van der Waals surface area contributed by atoms with Gasteiger partial charge in [0.05, 0.1) is 22.5 Å². The molecule has 1 aliphatic carbocycles. The van der Waals surface area contributed by atoms with E-state index < -0.39 is 5.41 Å². The van der Waals surface area contributed by atoms with Crippen LogP contribution in [0, 0.1) is 0 Å². The monoisotopic (exact) mass is 592 g/mol. The van der Waals surface area contributed by atoms with Crippen LogP contribution in [0.1, 0.15) is 47.4 Å². The first kappa shape index (κ1) is 26.6. The molecule has 4 heteroatoms. The summed E-state index contributed by atoms with van der Waals surface area (Å²) in [5.41, 5.74) is 13.6. The third kappa shape index (κ3) is 3.61. The third-order valence-corrected chi connectivity index (χ3v) is 10.0. The van der Waals surface area contributed by atoms with E-state index in [2.05, 4.69) is 156 Å². The summed E-state index contributed by atoms with van der Waals surface area (Å²) in [6.45, 7) is 4.65. The van der Waals surface area contributed by atoms with Crippen molar-refractivity contribution in [3.63, 3.8) is 0 Å². The number of nitrogens with zero attached hydrogens (tertiary/aromatic N) is 3. The summed E-state index contributed by atoms with van der Waals surface area (Å²) in [6, 6.07) is 48.6. The van der Waals surface area contributed by atoms with Crippen LogP contribution in [0.2, 0.25) is 0 Å².